The third-order valence-electron chi connectivity index (χ3n) is 1.81. The van der Waals surface area contributed by atoms with Crippen LogP contribution < -0.4 is 5.73 Å². The minimum atomic E-state index is 0.0883. The molecule has 14 heavy (non-hydrogen) atoms. The van der Waals surface area contributed by atoms with E-state index in [2.05, 4.69) is 46.8 Å². The summed E-state index contributed by atoms with van der Waals surface area (Å²) in [5, 5.41) is 0. The predicted molar refractivity (Wildman–Crippen MR) is 64.9 cm³/mol. The smallest absolute Gasteiger partial charge is 0.0270 e. The van der Waals surface area contributed by atoms with E-state index in [0.29, 0.717) is 0 Å². The molecule has 0 bridgehead atoms. The third-order valence-corrected chi connectivity index (χ3v) is 1.81. The SMILES string of the molecule is CC/C=C(N)\C=C/C(C)(C)C=C(C)C. The Kier molecular flexibility index (Phi) is 5.29. The van der Waals surface area contributed by atoms with Crippen LogP contribution in [0.25, 0.3) is 0 Å². The summed E-state index contributed by atoms with van der Waals surface area (Å²) in [5.41, 5.74) is 8.05. The van der Waals surface area contributed by atoms with Crippen LogP contribution in [0.4, 0.5) is 0 Å². The summed E-state index contributed by atoms with van der Waals surface area (Å²) in [5.74, 6) is 0. The first kappa shape index (κ1) is 13.0. The van der Waals surface area contributed by atoms with Crippen LogP contribution in [0.15, 0.2) is 35.6 Å². The minimum Gasteiger partial charge on any atom is -0.399 e. The van der Waals surface area contributed by atoms with E-state index in [1.165, 1.54) is 5.57 Å². The number of hydrogen-bond acceptors (Lipinski definition) is 1. The molecule has 0 unspecified atom stereocenters. The Balaban J connectivity index is 4.50. The number of hydrogen-bond donors (Lipinski definition) is 1. The van der Waals surface area contributed by atoms with E-state index in [0.717, 1.165) is 12.1 Å². The van der Waals surface area contributed by atoms with Crippen molar-refractivity contribution >= 4 is 0 Å². The van der Waals surface area contributed by atoms with Crippen molar-refractivity contribution in [2.75, 3.05) is 0 Å². The van der Waals surface area contributed by atoms with E-state index < -0.39 is 0 Å². The molecule has 0 spiro atoms. The third kappa shape index (κ3) is 6.53. The van der Waals surface area contributed by atoms with Crippen LogP contribution >= 0.6 is 0 Å². The normalized spacial score (nSPS) is 13.4. The van der Waals surface area contributed by atoms with Gasteiger partial charge in [0.05, 0.1) is 0 Å². The lowest BCUT2D eigenvalue weighted by molar-refractivity contribution is 0.620. The van der Waals surface area contributed by atoms with Gasteiger partial charge in [0.25, 0.3) is 0 Å². The highest BCUT2D eigenvalue weighted by molar-refractivity contribution is 5.20. The zero-order valence-electron chi connectivity index (χ0n) is 10.1. The maximum absolute atomic E-state index is 5.78. The molecule has 0 heterocycles. The van der Waals surface area contributed by atoms with Crippen LogP contribution in [0.2, 0.25) is 0 Å². The maximum Gasteiger partial charge on any atom is 0.0270 e. The second-order valence-corrected chi connectivity index (χ2v) is 4.49. The molecule has 0 aliphatic rings. The molecule has 0 amide bonds. The minimum absolute atomic E-state index is 0.0883. The van der Waals surface area contributed by atoms with Gasteiger partial charge in [0.2, 0.25) is 0 Å². The van der Waals surface area contributed by atoms with Crippen LogP contribution in [-0.2, 0) is 0 Å². The molecule has 0 rings (SSSR count). The summed E-state index contributed by atoms with van der Waals surface area (Å²) < 4.78 is 0. The maximum atomic E-state index is 5.78. The number of rotatable bonds is 4. The van der Waals surface area contributed by atoms with Gasteiger partial charge in [-0.1, -0.05) is 44.6 Å². The fourth-order valence-corrected chi connectivity index (χ4v) is 1.41. The van der Waals surface area contributed by atoms with Crippen molar-refractivity contribution in [2.45, 2.75) is 41.0 Å². The average Bonchev–Trinajstić information content (AvgIpc) is 1.99. The van der Waals surface area contributed by atoms with E-state index in [1.54, 1.807) is 0 Å². The summed E-state index contributed by atoms with van der Waals surface area (Å²) in [6.07, 6.45) is 9.38. The first-order valence-corrected chi connectivity index (χ1v) is 5.18. The molecule has 0 aromatic rings. The Morgan fingerprint density at radius 3 is 2.29 bits per heavy atom. The van der Waals surface area contributed by atoms with Gasteiger partial charge in [-0.2, -0.15) is 0 Å². The van der Waals surface area contributed by atoms with Crippen LogP contribution in [0.1, 0.15) is 41.0 Å². The molecule has 1 nitrogen and oxygen atoms in total. The van der Waals surface area contributed by atoms with Crippen molar-refractivity contribution in [2.24, 2.45) is 11.1 Å². The molecule has 0 fully saturated rings. The molecule has 80 valence electrons. The van der Waals surface area contributed by atoms with Crippen LogP contribution in [0, 0.1) is 5.41 Å². The zero-order valence-corrected chi connectivity index (χ0v) is 10.1. The molecular formula is C13H23N. The average molecular weight is 193 g/mol. The summed E-state index contributed by atoms with van der Waals surface area (Å²) in [6.45, 7) is 10.7. The van der Waals surface area contributed by atoms with E-state index in [-0.39, 0.29) is 5.41 Å². The lowest BCUT2D eigenvalue weighted by atomic mass is 9.90. The standard InChI is InChI=1S/C13H23N/c1-6-7-12(14)8-9-13(4,5)10-11(2)3/h7-10H,6,14H2,1-5H3/b9-8-,12-7+. The topological polar surface area (TPSA) is 26.0 Å². The summed E-state index contributed by atoms with van der Waals surface area (Å²) in [7, 11) is 0. The monoisotopic (exact) mass is 193 g/mol. The molecule has 0 aromatic carbocycles. The quantitative estimate of drug-likeness (QED) is 0.533. The summed E-state index contributed by atoms with van der Waals surface area (Å²) in [4.78, 5) is 0. The van der Waals surface area contributed by atoms with E-state index in [9.17, 15) is 0 Å². The van der Waals surface area contributed by atoms with Gasteiger partial charge >= 0.3 is 0 Å². The molecule has 2 N–H and O–H groups in total. The van der Waals surface area contributed by atoms with Gasteiger partial charge in [-0.25, -0.2) is 0 Å². The van der Waals surface area contributed by atoms with Crippen LogP contribution in [-0.4, -0.2) is 0 Å². The first-order valence-electron chi connectivity index (χ1n) is 5.18. The van der Waals surface area contributed by atoms with Crippen molar-refractivity contribution in [3.05, 3.63) is 35.6 Å². The van der Waals surface area contributed by atoms with Gasteiger partial charge in [0, 0.05) is 11.1 Å². The highest BCUT2D eigenvalue weighted by Crippen LogP contribution is 2.21. The Bertz CT molecular complexity index is 250. The molecule has 0 aliphatic carbocycles. The van der Waals surface area contributed by atoms with Gasteiger partial charge in [0.1, 0.15) is 0 Å². The van der Waals surface area contributed by atoms with Crippen molar-refractivity contribution in [3.63, 3.8) is 0 Å². The van der Waals surface area contributed by atoms with Gasteiger partial charge in [0.15, 0.2) is 0 Å². The Morgan fingerprint density at radius 1 is 1.29 bits per heavy atom. The highest BCUT2D eigenvalue weighted by atomic mass is 14.5. The van der Waals surface area contributed by atoms with Crippen molar-refractivity contribution in [3.8, 4) is 0 Å². The largest absolute Gasteiger partial charge is 0.399 e. The van der Waals surface area contributed by atoms with Crippen molar-refractivity contribution < 1.29 is 0 Å². The fourth-order valence-electron chi connectivity index (χ4n) is 1.41. The van der Waals surface area contributed by atoms with Gasteiger partial charge in [-0.05, 0) is 26.3 Å². The van der Waals surface area contributed by atoms with E-state index >= 15 is 0 Å². The van der Waals surface area contributed by atoms with E-state index in [1.807, 2.05) is 12.2 Å². The van der Waals surface area contributed by atoms with E-state index in [4.69, 9.17) is 5.73 Å². The molecule has 0 radical (unpaired) electrons. The van der Waals surface area contributed by atoms with Crippen LogP contribution in [0.3, 0.4) is 0 Å². The summed E-state index contributed by atoms with van der Waals surface area (Å²) >= 11 is 0. The van der Waals surface area contributed by atoms with Crippen molar-refractivity contribution in [1.82, 2.24) is 0 Å². The first-order chi connectivity index (χ1) is 6.37. The summed E-state index contributed by atoms with van der Waals surface area (Å²) in [6, 6.07) is 0. The molecule has 0 aromatic heterocycles. The Hall–Kier alpha value is -0.980. The van der Waals surface area contributed by atoms with Gasteiger partial charge in [-0.15, -0.1) is 0 Å². The second kappa shape index (κ2) is 5.69. The number of allylic oxidation sites excluding steroid dienone is 5. The zero-order chi connectivity index (χ0) is 11.2. The van der Waals surface area contributed by atoms with Crippen molar-refractivity contribution in [1.29, 1.82) is 0 Å². The fraction of sp³-hybridized carbons (Fsp3) is 0.538. The molecular weight excluding hydrogens is 170 g/mol. The lowest BCUT2D eigenvalue weighted by Crippen LogP contribution is -2.04. The Morgan fingerprint density at radius 2 is 1.86 bits per heavy atom. The molecule has 0 saturated heterocycles. The molecule has 0 saturated carbocycles. The highest BCUT2D eigenvalue weighted by Gasteiger charge is 2.08. The molecule has 0 aliphatic heterocycles. The van der Waals surface area contributed by atoms with Gasteiger partial charge in [-0.3, -0.25) is 0 Å². The molecule has 0 atom stereocenters. The predicted octanol–water partition coefficient (Wildman–Crippen LogP) is 3.79. The molecule has 1 heteroatoms. The second-order valence-electron chi connectivity index (χ2n) is 4.49. The number of nitrogens with two attached hydrogens (primary N) is 1. The van der Waals surface area contributed by atoms with Crippen LogP contribution in [0.5, 0.6) is 0 Å². The van der Waals surface area contributed by atoms with Gasteiger partial charge < -0.3 is 5.73 Å². The Labute approximate surface area is 88.4 Å². The lowest BCUT2D eigenvalue weighted by Gasteiger charge is -2.15.